The summed E-state index contributed by atoms with van der Waals surface area (Å²) >= 11 is 0. The van der Waals surface area contributed by atoms with Crippen molar-refractivity contribution in [2.24, 2.45) is 0 Å². The molecule has 7 heteroatoms. The van der Waals surface area contributed by atoms with Crippen LogP contribution >= 0.6 is 0 Å². The SMILES string of the molecule is Nc1ccc(-c2c[n+]3c(c(Cc4ccccc4)n2)NC(Cc2ccco2)C3=O)cc1F. The minimum Gasteiger partial charge on any atom is -0.469 e. The van der Waals surface area contributed by atoms with Crippen LogP contribution < -0.4 is 15.6 Å². The minimum absolute atomic E-state index is 0.0679. The van der Waals surface area contributed by atoms with Crippen molar-refractivity contribution in [3.8, 4) is 11.3 Å². The Balaban J connectivity index is 1.58. The van der Waals surface area contributed by atoms with Gasteiger partial charge in [0.2, 0.25) is 6.04 Å². The molecule has 31 heavy (non-hydrogen) atoms. The fourth-order valence-corrected chi connectivity index (χ4v) is 3.78. The van der Waals surface area contributed by atoms with Crippen LogP contribution in [0.3, 0.4) is 0 Å². The van der Waals surface area contributed by atoms with Gasteiger partial charge in [0.25, 0.3) is 0 Å². The molecule has 1 atom stereocenters. The number of hydrogen-bond acceptors (Lipinski definition) is 5. The summed E-state index contributed by atoms with van der Waals surface area (Å²) in [6, 6.07) is 17.6. The molecule has 2 aromatic heterocycles. The number of carbonyl (C=O) groups is 1. The fourth-order valence-electron chi connectivity index (χ4n) is 3.78. The van der Waals surface area contributed by atoms with Crippen molar-refractivity contribution in [1.29, 1.82) is 0 Å². The summed E-state index contributed by atoms with van der Waals surface area (Å²) in [7, 11) is 0. The van der Waals surface area contributed by atoms with Crippen LogP contribution in [0, 0.1) is 5.82 Å². The van der Waals surface area contributed by atoms with E-state index in [1.165, 1.54) is 12.1 Å². The third-order valence-corrected chi connectivity index (χ3v) is 5.36. The summed E-state index contributed by atoms with van der Waals surface area (Å²) in [5.41, 5.74) is 8.51. The highest BCUT2D eigenvalue weighted by atomic mass is 19.1. The van der Waals surface area contributed by atoms with Crippen LogP contribution in [0.4, 0.5) is 15.9 Å². The van der Waals surface area contributed by atoms with E-state index in [0.717, 1.165) is 11.3 Å². The Morgan fingerprint density at radius 1 is 1.13 bits per heavy atom. The molecule has 3 N–H and O–H groups in total. The maximum atomic E-state index is 14.1. The molecule has 0 fully saturated rings. The van der Waals surface area contributed by atoms with E-state index in [1.54, 1.807) is 29.2 Å². The fraction of sp³-hybridized carbons (Fsp3) is 0.125. The van der Waals surface area contributed by atoms with Gasteiger partial charge in [0, 0.05) is 12.0 Å². The average Bonchev–Trinajstić information content (AvgIpc) is 3.40. The molecule has 3 heterocycles. The Bertz CT molecular complexity index is 1260. The molecular formula is C24H20FN4O2+. The lowest BCUT2D eigenvalue weighted by molar-refractivity contribution is -0.552. The first kappa shape index (κ1) is 19.0. The van der Waals surface area contributed by atoms with Crippen molar-refractivity contribution in [2.45, 2.75) is 18.9 Å². The molecule has 0 radical (unpaired) electrons. The highest BCUT2D eigenvalue weighted by Gasteiger charge is 2.41. The Kier molecular flexibility index (Phi) is 4.71. The van der Waals surface area contributed by atoms with E-state index in [1.807, 2.05) is 36.4 Å². The maximum Gasteiger partial charge on any atom is 0.359 e. The van der Waals surface area contributed by atoms with Crippen molar-refractivity contribution in [2.75, 3.05) is 11.1 Å². The molecule has 0 saturated carbocycles. The highest BCUT2D eigenvalue weighted by Crippen LogP contribution is 2.26. The van der Waals surface area contributed by atoms with Crippen LogP contribution in [0.2, 0.25) is 0 Å². The molecule has 0 spiro atoms. The van der Waals surface area contributed by atoms with Crippen LogP contribution in [-0.4, -0.2) is 16.9 Å². The van der Waals surface area contributed by atoms with E-state index < -0.39 is 11.9 Å². The first-order valence-corrected chi connectivity index (χ1v) is 9.96. The van der Waals surface area contributed by atoms with Crippen LogP contribution in [0.25, 0.3) is 11.3 Å². The number of carbonyl (C=O) groups excluding carboxylic acids is 1. The molecule has 0 amide bonds. The van der Waals surface area contributed by atoms with Gasteiger partial charge < -0.3 is 10.2 Å². The van der Waals surface area contributed by atoms with Crippen molar-refractivity contribution in [3.05, 3.63) is 96.0 Å². The molecule has 0 aliphatic carbocycles. The quantitative estimate of drug-likeness (QED) is 0.384. The Morgan fingerprint density at radius 3 is 2.71 bits per heavy atom. The predicted octanol–water partition coefficient (Wildman–Crippen LogP) is 3.62. The molecule has 1 aliphatic rings. The molecule has 154 valence electrons. The lowest BCUT2D eigenvalue weighted by atomic mass is 10.1. The monoisotopic (exact) mass is 415 g/mol. The number of anilines is 2. The molecule has 5 rings (SSSR count). The number of furan rings is 1. The zero-order valence-electron chi connectivity index (χ0n) is 16.6. The summed E-state index contributed by atoms with van der Waals surface area (Å²) in [6.45, 7) is 0. The number of halogens is 1. The third-order valence-electron chi connectivity index (χ3n) is 5.36. The summed E-state index contributed by atoms with van der Waals surface area (Å²) in [4.78, 5) is 17.9. The number of nitrogens with zero attached hydrogens (tertiary/aromatic N) is 2. The first-order chi connectivity index (χ1) is 15.1. The lowest BCUT2D eigenvalue weighted by Crippen LogP contribution is -2.44. The molecule has 2 aromatic carbocycles. The number of aromatic nitrogens is 2. The predicted molar refractivity (Wildman–Crippen MR) is 114 cm³/mol. The van der Waals surface area contributed by atoms with Crippen LogP contribution in [0.5, 0.6) is 0 Å². The summed E-state index contributed by atoms with van der Waals surface area (Å²) in [6.07, 6.45) is 4.18. The van der Waals surface area contributed by atoms with E-state index in [-0.39, 0.29) is 11.6 Å². The second-order valence-corrected chi connectivity index (χ2v) is 7.51. The lowest BCUT2D eigenvalue weighted by Gasteiger charge is -2.08. The number of benzene rings is 2. The average molecular weight is 415 g/mol. The van der Waals surface area contributed by atoms with Gasteiger partial charge in [-0.2, -0.15) is 4.57 Å². The molecular weight excluding hydrogens is 395 g/mol. The molecule has 4 aromatic rings. The van der Waals surface area contributed by atoms with Gasteiger partial charge in [-0.25, -0.2) is 14.2 Å². The van der Waals surface area contributed by atoms with Gasteiger partial charge in [0.1, 0.15) is 29.2 Å². The second-order valence-electron chi connectivity index (χ2n) is 7.51. The number of nitrogen functional groups attached to an aromatic ring is 1. The van der Waals surface area contributed by atoms with Gasteiger partial charge in [-0.05, 0) is 29.8 Å². The number of nitrogens with one attached hydrogen (secondary N) is 1. The first-order valence-electron chi connectivity index (χ1n) is 9.96. The zero-order chi connectivity index (χ0) is 21.4. The number of nitrogens with two attached hydrogens (primary N) is 1. The van der Waals surface area contributed by atoms with E-state index in [9.17, 15) is 9.18 Å². The van der Waals surface area contributed by atoms with Gasteiger partial charge in [0.15, 0.2) is 0 Å². The van der Waals surface area contributed by atoms with Crippen molar-refractivity contribution in [1.82, 2.24) is 4.98 Å². The Morgan fingerprint density at radius 2 is 1.97 bits per heavy atom. The molecule has 0 saturated heterocycles. The summed E-state index contributed by atoms with van der Waals surface area (Å²) in [5.74, 6) is 0.734. The number of fused-ring (bicyclic) bond motifs is 1. The van der Waals surface area contributed by atoms with E-state index >= 15 is 0 Å². The normalized spacial score (nSPS) is 15.0. The topological polar surface area (TPSA) is 85.0 Å². The van der Waals surface area contributed by atoms with E-state index in [2.05, 4.69) is 5.32 Å². The third kappa shape index (κ3) is 3.66. The molecule has 1 unspecified atom stereocenters. The van der Waals surface area contributed by atoms with Gasteiger partial charge in [0.05, 0.1) is 18.4 Å². The van der Waals surface area contributed by atoms with E-state index in [0.29, 0.717) is 35.6 Å². The maximum absolute atomic E-state index is 14.1. The Labute approximate surface area is 178 Å². The smallest absolute Gasteiger partial charge is 0.359 e. The van der Waals surface area contributed by atoms with Crippen molar-refractivity contribution in [3.63, 3.8) is 0 Å². The van der Waals surface area contributed by atoms with Crippen LogP contribution in [0.1, 0.15) is 21.8 Å². The zero-order valence-corrected chi connectivity index (χ0v) is 16.6. The summed E-state index contributed by atoms with van der Waals surface area (Å²) in [5, 5.41) is 3.31. The highest BCUT2D eigenvalue weighted by molar-refractivity contribution is 5.82. The molecule has 0 bridgehead atoms. The van der Waals surface area contributed by atoms with Crippen LogP contribution in [-0.2, 0) is 12.8 Å². The van der Waals surface area contributed by atoms with E-state index in [4.69, 9.17) is 15.1 Å². The molecule has 1 aliphatic heterocycles. The minimum atomic E-state index is -0.519. The second kappa shape index (κ2) is 7.68. The van der Waals surface area contributed by atoms with Gasteiger partial charge in [-0.1, -0.05) is 36.4 Å². The van der Waals surface area contributed by atoms with Gasteiger partial charge in [-0.15, -0.1) is 0 Å². The van der Waals surface area contributed by atoms with Gasteiger partial charge in [-0.3, -0.25) is 5.32 Å². The van der Waals surface area contributed by atoms with Crippen molar-refractivity contribution < 1.29 is 18.2 Å². The number of rotatable bonds is 5. The molecule has 6 nitrogen and oxygen atoms in total. The standard InChI is InChI=1S/C24H19FN4O2/c25-18-12-16(8-9-19(18)26)22-14-29-23(20(27-22)11-15-5-2-1-3-6-15)28-21(24(29)30)13-17-7-4-10-31-17/h1-10,12,14,21H,11,13,26H2/p+1. The van der Waals surface area contributed by atoms with Crippen molar-refractivity contribution >= 4 is 17.4 Å². The van der Waals surface area contributed by atoms with Gasteiger partial charge >= 0.3 is 11.7 Å². The summed E-state index contributed by atoms with van der Waals surface area (Å²) < 4.78 is 21.1. The Hall–Kier alpha value is -4.00. The number of hydrogen-bond donors (Lipinski definition) is 2. The largest absolute Gasteiger partial charge is 0.469 e. The van der Waals surface area contributed by atoms with Crippen LogP contribution in [0.15, 0.2) is 77.5 Å².